The van der Waals surface area contributed by atoms with Gasteiger partial charge in [-0.05, 0) is 31.5 Å². The lowest BCUT2D eigenvalue weighted by molar-refractivity contribution is -0.120. The number of aryl methyl sites for hydroxylation is 1. The molecule has 0 aliphatic heterocycles. The fourth-order valence-corrected chi connectivity index (χ4v) is 3.97. The molecule has 2 aromatic carbocycles. The summed E-state index contributed by atoms with van der Waals surface area (Å²) in [5, 5.41) is 13.0. The van der Waals surface area contributed by atoms with Crippen molar-refractivity contribution in [2.45, 2.75) is 20.3 Å². The first-order valence-electron chi connectivity index (χ1n) is 9.23. The predicted octanol–water partition coefficient (Wildman–Crippen LogP) is 3.79. The van der Waals surface area contributed by atoms with Gasteiger partial charge in [-0.15, -0.1) is 0 Å². The molecule has 2 N–H and O–H groups in total. The van der Waals surface area contributed by atoms with Gasteiger partial charge in [-0.3, -0.25) is 4.79 Å². The van der Waals surface area contributed by atoms with Gasteiger partial charge in [-0.25, -0.2) is 0 Å². The molecule has 0 atom stereocenters. The zero-order valence-electron chi connectivity index (χ0n) is 16.6. The number of nitrogens with one attached hydrogen (secondary N) is 1. The van der Waals surface area contributed by atoms with Gasteiger partial charge in [0.1, 0.15) is 10.7 Å². The molecule has 0 saturated heterocycles. The largest absolute Gasteiger partial charge is 0.495 e. The first kappa shape index (κ1) is 21.3. The molecule has 0 aliphatic rings. The van der Waals surface area contributed by atoms with Gasteiger partial charge in [0.2, 0.25) is 5.91 Å². The summed E-state index contributed by atoms with van der Waals surface area (Å²) in [7, 11) is 1.56. The quantitative estimate of drug-likeness (QED) is 0.584. The van der Waals surface area contributed by atoms with E-state index in [9.17, 15) is 4.79 Å². The number of aromatic nitrogens is 1. The zero-order valence-corrected chi connectivity index (χ0v) is 18.2. The molecule has 3 aromatic rings. The van der Waals surface area contributed by atoms with E-state index in [0.717, 1.165) is 33.3 Å². The minimum Gasteiger partial charge on any atom is -0.495 e. The van der Waals surface area contributed by atoms with Crippen molar-refractivity contribution in [3.05, 3.63) is 63.8 Å². The number of aliphatic hydroxyl groups excluding tert-OH is 1. The van der Waals surface area contributed by atoms with Crippen molar-refractivity contribution in [1.82, 2.24) is 9.88 Å². The Labute approximate surface area is 180 Å². The maximum absolute atomic E-state index is 12.4. The molecule has 5 nitrogen and oxygen atoms in total. The van der Waals surface area contributed by atoms with Gasteiger partial charge in [-0.2, -0.15) is 0 Å². The monoisotopic (exact) mass is 430 g/mol. The summed E-state index contributed by atoms with van der Waals surface area (Å²) in [4.78, 5) is 13.0. The molecule has 0 spiro atoms. The maximum Gasteiger partial charge on any atom is 0.224 e. The summed E-state index contributed by atoms with van der Waals surface area (Å²) in [6.07, 6.45) is 0.163. The van der Waals surface area contributed by atoms with E-state index in [1.807, 2.05) is 54.8 Å². The van der Waals surface area contributed by atoms with Crippen LogP contribution in [-0.4, -0.2) is 40.8 Å². The average molecular weight is 431 g/mol. The van der Waals surface area contributed by atoms with E-state index in [1.165, 1.54) is 0 Å². The molecule has 3 rings (SSSR count). The van der Waals surface area contributed by atoms with Crippen LogP contribution in [0.25, 0.3) is 10.9 Å². The summed E-state index contributed by atoms with van der Waals surface area (Å²) < 4.78 is 7.33. The molecule has 0 fully saturated rings. The minimum atomic E-state index is -0.170. The van der Waals surface area contributed by atoms with Crippen molar-refractivity contribution >= 4 is 45.6 Å². The molecule has 1 heterocycles. The summed E-state index contributed by atoms with van der Waals surface area (Å²) in [5.41, 5.74) is 4.60. The second-order valence-corrected chi connectivity index (χ2v) is 7.62. The number of benzene rings is 2. The number of aliphatic hydroxyl groups is 1. The number of hydrogen-bond donors (Lipinski definition) is 2. The summed E-state index contributed by atoms with van der Waals surface area (Å²) in [5.74, 6) is 0.367. The summed E-state index contributed by atoms with van der Waals surface area (Å²) in [6.45, 7) is 4.08. The van der Waals surface area contributed by atoms with Crippen molar-refractivity contribution in [3.8, 4) is 5.75 Å². The number of nitrogens with zero attached hydrogens (tertiary/aromatic N) is 1. The van der Waals surface area contributed by atoms with Crippen molar-refractivity contribution in [1.29, 1.82) is 0 Å². The first-order valence-corrected chi connectivity index (χ1v) is 10.0. The van der Waals surface area contributed by atoms with E-state index in [1.54, 1.807) is 7.11 Å². The highest BCUT2D eigenvalue weighted by Crippen LogP contribution is 2.35. The number of amides is 1. The Morgan fingerprint density at radius 3 is 2.55 bits per heavy atom. The lowest BCUT2D eigenvalue weighted by Gasteiger charge is -2.12. The lowest BCUT2D eigenvalue weighted by atomic mass is 10.1. The van der Waals surface area contributed by atoms with Gasteiger partial charge in [-0.1, -0.05) is 53.6 Å². The van der Waals surface area contributed by atoms with Gasteiger partial charge in [0.25, 0.3) is 0 Å². The summed E-state index contributed by atoms with van der Waals surface area (Å²) >= 11 is 12.2. The molecular weight excluding hydrogens is 408 g/mol. The Morgan fingerprint density at radius 1 is 1.24 bits per heavy atom. The van der Waals surface area contributed by atoms with Crippen LogP contribution >= 0.6 is 23.8 Å². The predicted molar refractivity (Wildman–Crippen MR) is 120 cm³/mol. The van der Waals surface area contributed by atoms with Crippen LogP contribution < -0.4 is 10.1 Å². The van der Waals surface area contributed by atoms with Crippen LogP contribution in [0.3, 0.4) is 0 Å². The first-order chi connectivity index (χ1) is 13.9. The van der Waals surface area contributed by atoms with Crippen LogP contribution in [0.4, 0.5) is 0 Å². The molecule has 1 amide bonds. The number of fused-ring (bicyclic) bond motifs is 1. The van der Waals surface area contributed by atoms with Crippen molar-refractivity contribution < 1.29 is 14.6 Å². The van der Waals surface area contributed by atoms with Gasteiger partial charge < -0.3 is 19.7 Å². The second-order valence-electron chi connectivity index (χ2n) is 6.82. The van der Waals surface area contributed by atoms with Gasteiger partial charge in [0, 0.05) is 23.2 Å². The normalized spacial score (nSPS) is 10.9. The lowest BCUT2D eigenvalue weighted by Crippen LogP contribution is -2.28. The summed E-state index contributed by atoms with van der Waals surface area (Å²) in [6, 6.07) is 11.7. The number of halogens is 1. The van der Waals surface area contributed by atoms with E-state index >= 15 is 0 Å². The Bertz CT molecular complexity index is 1070. The number of thiocarbonyl (C=S) groups is 1. The van der Waals surface area contributed by atoms with E-state index in [2.05, 4.69) is 5.32 Å². The average Bonchev–Trinajstić information content (AvgIpc) is 2.96. The zero-order chi connectivity index (χ0) is 21.1. The third kappa shape index (κ3) is 4.29. The number of hydrogen-bond acceptors (Lipinski definition) is 4. The highest BCUT2D eigenvalue weighted by atomic mass is 35.5. The molecule has 0 saturated carbocycles. The molecule has 0 bridgehead atoms. The molecule has 0 unspecified atom stereocenters. The van der Waals surface area contributed by atoms with Crippen LogP contribution in [-0.2, 0) is 11.2 Å². The Morgan fingerprint density at radius 2 is 1.93 bits per heavy atom. The van der Waals surface area contributed by atoms with Crippen molar-refractivity contribution in [2.75, 3.05) is 20.3 Å². The molecular formula is C22H23ClN2O3S. The number of methoxy groups -OCH3 is 1. The third-order valence-electron chi connectivity index (χ3n) is 4.88. The maximum atomic E-state index is 12.4. The van der Waals surface area contributed by atoms with E-state index < -0.39 is 0 Å². The fourth-order valence-electron chi connectivity index (χ4n) is 3.37. The fraction of sp³-hybridized carbons (Fsp3) is 0.273. The van der Waals surface area contributed by atoms with E-state index in [0.29, 0.717) is 15.8 Å². The van der Waals surface area contributed by atoms with Crippen LogP contribution in [0.2, 0.25) is 5.02 Å². The molecule has 7 heteroatoms. The second kappa shape index (κ2) is 8.95. The molecule has 1 aromatic heterocycles. The topological polar surface area (TPSA) is 63.5 Å². The highest BCUT2D eigenvalue weighted by Gasteiger charge is 2.21. The van der Waals surface area contributed by atoms with Gasteiger partial charge >= 0.3 is 0 Å². The smallest absolute Gasteiger partial charge is 0.224 e. The molecule has 0 aliphatic carbocycles. The number of carbonyl (C=O) groups excluding carboxylic acids is 1. The van der Waals surface area contributed by atoms with E-state index in [4.69, 9.17) is 33.7 Å². The van der Waals surface area contributed by atoms with E-state index in [-0.39, 0.29) is 25.5 Å². The Balaban J connectivity index is 2.17. The highest BCUT2D eigenvalue weighted by molar-refractivity contribution is 7.80. The molecule has 29 heavy (non-hydrogen) atoms. The van der Waals surface area contributed by atoms with Crippen LogP contribution in [0.5, 0.6) is 5.75 Å². The minimum absolute atomic E-state index is 0.104. The van der Waals surface area contributed by atoms with Crippen LogP contribution in [0, 0.1) is 13.8 Å². The number of ether oxygens (including phenoxy) is 1. The SMILES string of the molecule is COc1cc2c(CC(=O)NCCO)c(C)n(C(=S)c3ccc(C)cc3)c2cc1Cl. The van der Waals surface area contributed by atoms with Crippen molar-refractivity contribution in [2.24, 2.45) is 0 Å². The van der Waals surface area contributed by atoms with Gasteiger partial charge in [0.15, 0.2) is 0 Å². The Hall–Kier alpha value is -2.41. The van der Waals surface area contributed by atoms with Crippen molar-refractivity contribution in [3.63, 3.8) is 0 Å². The molecule has 152 valence electrons. The van der Waals surface area contributed by atoms with Crippen LogP contribution in [0.1, 0.15) is 22.4 Å². The molecule has 0 radical (unpaired) electrons. The third-order valence-corrected chi connectivity index (χ3v) is 5.59. The standard InChI is InChI=1S/C22H23ClN2O3S/c1-13-4-6-15(7-5-13)22(29)25-14(2)16(11-21(27)24-8-9-26)17-10-20(28-3)18(23)12-19(17)25/h4-7,10,12,26H,8-9,11H2,1-3H3,(H,24,27). The number of carbonyl (C=O) groups is 1. The van der Waals surface area contributed by atoms with Crippen LogP contribution in [0.15, 0.2) is 36.4 Å². The Kier molecular flexibility index (Phi) is 6.57. The van der Waals surface area contributed by atoms with Gasteiger partial charge in [0.05, 0.1) is 30.7 Å². The number of rotatable bonds is 6.